The smallest absolute Gasteiger partial charge is 0.158 e. The Labute approximate surface area is 196 Å². The summed E-state index contributed by atoms with van der Waals surface area (Å²) in [6, 6.07) is 28.4. The molecule has 3 aromatic rings. The Balaban J connectivity index is 1.43. The Bertz CT molecular complexity index is 1370. The maximum atomic E-state index is 6.24. The first-order valence-electron chi connectivity index (χ1n) is 10.4. The second-order valence-electron chi connectivity index (χ2n) is 7.58. The number of aryl methyl sites for hydroxylation is 1. The van der Waals surface area contributed by atoms with E-state index in [1.165, 1.54) is 5.56 Å². The van der Waals surface area contributed by atoms with Gasteiger partial charge in [0.05, 0.1) is 15.9 Å². The molecule has 2 heterocycles. The molecular weight excluding hydrogens is 438 g/mol. The van der Waals surface area contributed by atoms with Crippen LogP contribution in [-0.2, 0) is 20.2 Å². The molecule has 0 spiro atoms. The first kappa shape index (κ1) is 20.6. The third-order valence-electron chi connectivity index (χ3n) is 5.27. The Morgan fingerprint density at radius 2 is 1.72 bits per heavy atom. The van der Waals surface area contributed by atoms with E-state index in [1.807, 2.05) is 48.5 Å². The Morgan fingerprint density at radius 1 is 0.906 bits per heavy atom. The van der Waals surface area contributed by atoms with Crippen molar-refractivity contribution in [1.29, 1.82) is 0 Å². The maximum Gasteiger partial charge on any atom is 0.158 e. The first-order chi connectivity index (χ1) is 15.7. The van der Waals surface area contributed by atoms with E-state index in [0.717, 1.165) is 33.0 Å². The van der Waals surface area contributed by atoms with Gasteiger partial charge in [-0.1, -0.05) is 65.6 Å². The largest absolute Gasteiger partial charge is 0.489 e. The summed E-state index contributed by atoms with van der Waals surface area (Å²) in [7, 11) is 2.06. The fraction of sp³-hybridized carbons (Fsp3) is 0.115. The van der Waals surface area contributed by atoms with Crippen LogP contribution in [0.4, 0.5) is 0 Å². The van der Waals surface area contributed by atoms with E-state index in [4.69, 9.17) is 21.3 Å². The van der Waals surface area contributed by atoms with Crippen LogP contribution in [0, 0.1) is 0 Å². The highest BCUT2D eigenvalue weighted by atomic mass is 35.5. The lowest BCUT2D eigenvalue weighted by Gasteiger charge is -2.15. The zero-order chi connectivity index (χ0) is 21.9. The van der Waals surface area contributed by atoms with E-state index >= 15 is 0 Å². The Hall–Kier alpha value is -3.28. The summed E-state index contributed by atoms with van der Waals surface area (Å²) >= 11 is 7.90. The summed E-state index contributed by atoms with van der Waals surface area (Å²) in [6.45, 7) is 1.27. The number of aromatic nitrogens is 3. The molecule has 2 aliphatic rings. The molecule has 0 radical (unpaired) electrons. The van der Waals surface area contributed by atoms with Gasteiger partial charge in [0.2, 0.25) is 0 Å². The number of halogens is 1. The van der Waals surface area contributed by atoms with Crippen molar-refractivity contribution in [2.24, 2.45) is 7.05 Å². The minimum absolute atomic E-state index is 0.561. The summed E-state index contributed by atoms with van der Waals surface area (Å²) in [5.41, 5.74) is 4.28. The summed E-state index contributed by atoms with van der Waals surface area (Å²) in [4.78, 5) is 4.98. The Morgan fingerprint density at radius 3 is 2.53 bits per heavy atom. The molecule has 0 N–H and O–H groups in total. The van der Waals surface area contributed by atoms with E-state index < -0.39 is 0 Å². The monoisotopic (exact) mass is 459 g/mol. The van der Waals surface area contributed by atoms with E-state index in [9.17, 15) is 0 Å². The summed E-state index contributed by atoms with van der Waals surface area (Å²) in [5, 5.41) is 0.688. The number of rotatable bonds is 5. The average Bonchev–Trinajstić information content (AvgIpc) is 2.96. The molecule has 3 aromatic carbocycles. The highest BCUT2D eigenvalue weighted by Crippen LogP contribution is 2.27. The second-order valence-corrected chi connectivity index (χ2v) is 9.18. The standard InChI is InChI=1S/C26H22ClN3OS/c1-29-24-8-5-15-30(26(24)28-23-16-21(27)11-14-25(23)32-29)17-19-9-12-22(13-10-19)31-18-20-6-3-2-4-7-20/h2-16H,17-18H2,1H3. The molecule has 0 bridgehead atoms. The summed E-state index contributed by atoms with van der Waals surface area (Å²) < 4.78 is 11.3. The molecule has 0 aromatic heterocycles. The van der Waals surface area contributed by atoms with Gasteiger partial charge < -0.3 is 9.30 Å². The van der Waals surface area contributed by atoms with Crippen molar-refractivity contribution >= 4 is 33.4 Å². The van der Waals surface area contributed by atoms with E-state index in [-0.39, 0.29) is 0 Å². The zero-order valence-corrected chi connectivity index (χ0v) is 19.2. The van der Waals surface area contributed by atoms with Crippen LogP contribution in [0.2, 0.25) is 5.02 Å². The number of ether oxygens (including phenoxy) is 1. The minimum atomic E-state index is 0.561. The van der Waals surface area contributed by atoms with Crippen LogP contribution in [-0.4, -0.2) is 13.5 Å². The third-order valence-corrected chi connectivity index (χ3v) is 6.52. The number of hydrogen-bond donors (Lipinski definition) is 0. The van der Waals surface area contributed by atoms with E-state index in [0.29, 0.717) is 18.2 Å². The molecule has 0 saturated carbocycles. The van der Waals surface area contributed by atoms with Gasteiger partial charge in [-0.3, -0.25) is 3.96 Å². The van der Waals surface area contributed by atoms with Gasteiger partial charge in [-0.25, -0.2) is 4.98 Å². The molecular formula is C26H22ClN3OS. The fourth-order valence-corrected chi connectivity index (χ4v) is 4.65. The predicted molar refractivity (Wildman–Crippen MR) is 132 cm³/mol. The maximum absolute atomic E-state index is 6.24. The summed E-state index contributed by atoms with van der Waals surface area (Å²) in [5.74, 6) is 1.77. The second kappa shape index (κ2) is 9.07. The molecule has 0 amide bonds. The van der Waals surface area contributed by atoms with Crippen molar-refractivity contribution in [2.75, 3.05) is 0 Å². The molecule has 0 fully saturated rings. The van der Waals surface area contributed by atoms with Crippen LogP contribution in [0.3, 0.4) is 0 Å². The molecule has 0 atom stereocenters. The SMILES string of the molecule is Cn1sc2ccc(Cl)cc2nc2n(Cc3ccc(OCc4ccccc4)cc3)cccc1-2. The predicted octanol–water partition coefficient (Wildman–Crippen LogP) is 6.95. The van der Waals surface area contributed by atoms with Gasteiger partial charge in [0.25, 0.3) is 0 Å². The highest BCUT2D eigenvalue weighted by Gasteiger charge is 2.11. The molecule has 6 heteroatoms. The van der Waals surface area contributed by atoms with Crippen molar-refractivity contribution < 1.29 is 4.74 Å². The van der Waals surface area contributed by atoms with Gasteiger partial charge in [0.1, 0.15) is 12.4 Å². The van der Waals surface area contributed by atoms with Crippen LogP contribution >= 0.6 is 23.1 Å². The van der Waals surface area contributed by atoms with Gasteiger partial charge >= 0.3 is 0 Å². The molecule has 32 heavy (non-hydrogen) atoms. The topological polar surface area (TPSA) is 32.0 Å². The van der Waals surface area contributed by atoms with Crippen molar-refractivity contribution in [3.8, 4) is 17.3 Å². The van der Waals surface area contributed by atoms with Gasteiger partial charge in [-0.15, -0.1) is 0 Å². The van der Waals surface area contributed by atoms with E-state index in [2.05, 4.69) is 58.2 Å². The van der Waals surface area contributed by atoms with Crippen LogP contribution in [0.25, 0.3) is 21.7 Å². The van der Waals surface area contributed by atoms with Crippen LogP contribution < -0.4 is 4.74 Å². The van der Waals surface area contributed by atoms with Crippen LogP contribution in [0.5, 0.6) is 5.75 Å². The number of hydrogen-bond acceptors (Lipinski definition) is 3. The molecule has 4 nitrogen and oxygen atoms in total. The normalized spacial score (nSPS) is 11.1. The number of pyridine rings is 1. The van der Waals surface area contributed by atoms with Crippen LogP contribution in [0.15, 0.2) is 91.1 Å². The lowest BCUT2D eigenvalue weighted by molar-refractivity contribution is 0.306. The Kier molecular flexibility index (Phi) is 5.84. The van der Waals surface area contributed by atoms with Crippen molar-refractivity contribution in [1.82, 2.24) is 13.5 Å². The number of nitrogens with zero attached hydrogens (tertiary/aromatic N) is 3. The van der Waals surface area contributed by atoms with Gasteiger partial charge in [-0.05, 0) is 53.6 Å². The van der Waals surface area contributed by atoms with Crippen molar-refractivity contribution in [3.05, 3.63) is 107 Å². The third kappa shape index (κ3) is 4.49. The molecule has 0 saturated heterocycles. The average molecular weight is 460 g/mol. The quantitative estimate of drug-likeness (QED) is 0.285. The number of benzene rings is 3. The molecule has 160 valence electrons. The van der Waals surface area contributed by atoms with Crippen molar-refractivity contribution in [3.63, 3.8) is 0 Å². The summed E-state index contributed by atoms with van der Waals surface area (Å²) in [6.07, 6.45) is 2.07. The van der Waals surface area contributed by atoms with Gasteiger partial charge in [-0.2, -0.15) is 0 Å². The molecule has 0 unspecified atom stereocenters. The highest BCUT2D eigenvalue weighted by molar-refractivity contribution is 7.13. The molecule has 0 aliphatic carbocycles. The first-order valence-corrected chi connectivity index (χ1v) is 11.5. The zero-order valence-electron chi connectivity index (χ0n) is 17.6. The number of fused-ring (bicyclic) bond motifs is 2. The van der Waals surface area contributed by atoms with Gasteiger partial charge in [0, 0.05) is 24.8 Å². The minimum Gasteiger partial charge on any atom is -0.489 e. The van der Waals surface area contributed by atoms with Crippen molar-refractivity contribution in [2.45, 2.75) is 13.2 Å². The van der Waals surface area contributed by atoms with Crippen LogP contribution in [0.1, 0.15) is 11.1 Å². The lowest BCUT2D eigenvalue weighted by atomic mass is 10.2. The lowest BCUT2D eigenvalue weighted by Crippen LogP contribution is -2.08. The van der Waals surface area contributed by atoms with E-state index in [1.54, 1.807) is 11.5 Å². The fourth-order valence-electron chi connectivity index (χ4n) is 3.62. The molecule has 5 rings (SSSR count). The van der Waals surface area contributed by atoms with Gasteiger partial charge in [0.15, 0.2) is 5.82 Å². The molecule has 2 aliphatic heterocycles.